The van der Waals surface area contributed by atoms with Gasteiger partial charge in [-0.3, -0.25) is 14.9 Å². The number of anilines is 1. The molecule has 0 fully saturated rings. The van der Waals surface area contributed by atoms with Crippen LogP contribution < -0.4 is 4.90 Å². The predicted molar refractivity (Wildman–Crippen MR) is 54.0 cm³/mol. The number of carboxylic acid groups (broad SMARTS) is 1. The van der Waals surface area contributed by atoms with Crippen LogP contribution in [0.5, 0.6) is 0 Å². The lowest BCUT2D eigenvalue weighted by molar-refractivity contribution is -0.384. The van der Waals surface area contributed by atoms with Gasteiger partial charge in [-0.1, -0.05) is 12.1 Å². The van der Waals surface area contributed by atoms with E-state index in [1.165, 1.54) is 30.1 Å². The number of hydrogen-bond donors (Lipinski definition) is 1. The van der Waals surface area contributed by atoms with Crippen molar-refractivity contribution >= 4 is 17.3 Å². The van der Waals surface area contributed by atoms with Crippen LogP contribution in [0.1, 0.15) is 0 Å². The van der Waals surface area contributed by atoms with E-state index in [2.05, 4.69) is 0 Å². The van der Waals surface area contributed by atoms with E-state index < -0.39 is 10.9 Å². The molecule has 1 rings (SSSR count). The Labute approximate surface area is 85.9 Å². The summed E-state index contributed by atoms with van der Waals surface area (Å²) in [5.41, 5.74) is 0.200. The van der Waals surface area contributed by atoms with E-state index in [1.54, 1.807) is 6.07 Å². The van der Waals surface area contributed by atoms with Crippen molar-refractivity contribution in [2.75, 3.05) is 18.5 Å². The van der Waals surface area contributed by atoms with E-state index in [0.717, 1.165) is 0 Å². The summed E-state index contributed by atoms with van der Waals surface area (Å²) >= 11 is 0. The largest absolute Gasteiger partial charge is 0.480 e. The number of rotatable bonds is 4. The summed E-state index contributed by atoms with van der Waals surface area (Å²) in [6.07, 6.45) is 0. The average Bonchev–Trinajstić information content (AvgIpc) is 2.16. The van der Waals surface area contributed by atoms with Crippen molar-refractivity contribution < 1.29 is 14.8 Å². The summed E-state index contributed by atoms with van der Waals surface area (Å²) in [6.45, 7) is -0.273. The van der Waals surface area contributed by atoms with Gasteiger partial charge in [-0.2, -0.15) is 0 Å². The van der Waals surface area contributed by atoms with Crippen molar-refractivity contribution in [1.29, 1.82) is 0 Å². The number of nitro benzene ring substituents is 1. The van der Waals surface area contributed by atoms with Gasteiger partial charge in [0.05, 0.1) is 4.92 Å². The minimum absolute atomic E-state index is 0.0961. The lowest BCUT2D eigenvalue weighted by Crippen LogP contribution is -2.25. The molecule has 0 aliphatic carbocycles. The Hall–Kier alpha value is -2.11. The molecule has 0 heterocycles. The maximum Gasteiger partial charge on any atom is 0.323 e. The second-order valence-corrected chi connectivity index (χ2v) is 3.00. The molecule has 0 aliphatic rings. The molecule has 0 bridgehead atoms. The number of nitrogens with zero attached hydrogens (tertiary/aromatic N) is 2. The first-order valence-corrected chi connectivity index (χ1v) is 4.18. The van der Waals surface area contributed by atoms with Crippen molar-refractivity contribution in [3.05, 3.63) is 34.4 Å². The van der Waals surface area contributed by atoms with Gasteiger partial charge in [0.25, 0.3) is 5.69 Å². The highest BCUT2D eigenvalue weighted by Crippen LogP contribution is 2.26. The van der Waals surface area contributed by atoms with Gasteiger partial charge >= 0.3 is 5.97 Å². The smallest absolute Gasteiger partial charge is 0.323 e. The molecule has 0 amide bonds. The van der Waals surface area contributed by atoms with Crippen LogP contribution in [0, 0.1) is 10.1 Å². The van der Waals surface area contributed by atoms with Crippen LogP contribution in [-0.2, 0) is 4.79 Å². The van der Waals surface area contributed by atoms with Crippen molar-refractivity contribution in [3.63, 3.8) is 0 Å². The summed E-state index contributed by atoms with van der Waals surface area (Å²) in [4.78, 5) is 21.9. The maximum atomic E-state index is 10.6. The standard InChI is InChI=1S/C9H10N2O4/c1-10(6-9(12)13)7-4-2-3-5-8(7)11(14)15/h2-5H,6H2,1H3,(H,12,13). The van der Waals surface area contributed by atoms with E-state index in [9.17, 15) is 14.9 Å². The molecule has 1 aromatic carbocycles. The number of carboxylic acids is 1. The van der Waals surface area contributed by atoms with Crippen LogP contribution in [-0.4, -0.2) is 29.6 Å². The number of para-hydroxylation sites is 2. The molecule has 0 aromatic heterocycles. The van der Waals surface area contributed by atoms with Crippen LogP contribution in [0.3, 0.4) is 0 Å². The molecule has 6 nitrogen and oxygen atoms in total. The molecule has 80 valence electrons. The van der Waals surface area contributed by atoms with Gasteiger partial charge in [-0.25, -0.2) is 0 Å². The van der Waals surface area contributed by atoms with Gasteiger partial charge in [0.2, 0.25) is 0 Å². The van der Waals surface area contributed by atoms with Gasteiger partial charge in [0, 0.05) is 13.1 Å². The highest BCUT2D eigenvalue weighted by atomic mass is 16.6. The summed E-state index contributed by atoms with van der Waals surface area (Å²) < 4.78 is 0. The number of benzene rings is 1. The number of carbonyl (C=O) groups is 1. The van der Waals surface area contributed by atoms with Crippen LogP contribution in [0.2, 0.25) is 0 Å². The van der Waals surface area contributed by atoms with Crippen LogP contribution >= 0.6 is 0 Å². The molecule has 1 N–H and O–H groups in total. The quantitative estimate of drug-likeness (QED) is 0.594. The van der Waals surface area contributed by atoms with Gasteiger partial charge in [-0.15, -0.1) is 0 Å². The average molecular weight is 210 g/mol. The van der Waals surface area contributed by atoms with Gasteiger partial charge in [0.1, 0.15) is 12.2 Å². The molecule has 0 atom stereocenters. The lowest BCUT2D eigenvalue weighted by Gasteiger charge is -2.16. The van der Waals surface area contributed by atoms with Crippen LogP contribution in [0.4, 0.5) is 11.4 Å². The maximum absolute atomic E-state index is 10.6. The summed E-state index contributed by atoms with van der Waals surface area (Å²) in [7, 11) is 1.50. The van der Waals surface area contributed by atoms with E-state index in [1.807, 2.05) is 0 Å². The molecule has 1 aromatic rings. The van der Waals surface area contributed by atoms with Crippen molar-refractivity contribution in [2.24, 2.45) is 0 Å². The Morgan fingerprint density at radius 1 is 1.53 bits per heavy atom. The fourth-order valence-corrected chi connectivity index (χ4v) is 1.23. The predicted octanol–water partition coefficient (Wildman–Crippen LogP) is 1.12. The first kappa shape index (κ1) is 11.0. The second kappa shape index (κ2) is 4.41. The first-order chi connectivity index (χ1) is 7.02. The number of nitro groups is 1. The van der Waals surface area contributed by atoms with Gasteiger partial charge in [-0.05, 0) is 6.07 Å². The molecular weight excluding hydrogens is 200 g/mol. The Morgan fingerprint density at radius 2 is 2.13 bits per heavy atom. The zero-order valence-electron chi connectivity index (χ0n) is 8.08. The van der Waals surface area contributed by atoms with E-state index in [0.29, 0.717) is 5.69 Å². The summed E-state index contributed by atoms with van der Waals surface area (Å²) in [5, 5.41) is 19.2. The van der Waals surface area contributed by atoms with Gasteiger partial charge in [0.15, 0.2) is 0 Å². The highest BCUT2D eigenvalue weighted by Gasteiger charge is 2.17. The molecule has 0 radical (unpaired) electrons. The molecule has 0 saturated carbocycles. The highest BCUT2D eigenvalue weighted by molar-refractivity contribution is 5.75. The molecule has 0 aliphatic heterocycles. The third-order valence-electron chi connectivity index (χ3n) is 1.86. The summed E-state index contributed by atoms with van der Waals surface area (Å²) in [6, 6.07) is 6.02. The molecule has 0 unspecified atom stereocenters. The van der Waals surface area contributed by atoms with E-state index in [-0.39, 0.29) is 12.2 Å². The third-order valence-corrected chi connectivity index (χ3v) is 1.86. The fraction of sp³-hybridized carbons (Fsp3) is 0.222. The Bertz CT molecular complexity index is 391. The van der Waals surface area contributed by atoms with E-state index in [4.69, 9.17) is 5.11 Å². The monoisotopic (exact) mass is 210 g/mol. The molecule has 15 heavy (non-hydrogen) atoms. The van der Waals surface area contributed by atoms with Crippen molar-refractivity contribution in [2.45, 2.75) is 0 Å². The number of likely N-dealkylation sites (N-methyl/N-ethyl adjacent to an activating group) is 1. The van der Waals surface area contributed by atoms with Crippen molar-refractivity contribution in [1.82, 2.24) is 0 Å². The van der Waals surface area contributed by atoms with Crippen LogP contribution in [0.25, 0.3) is 0 Å². The first-order valence-electron chi connectivity index (χ1n) is 4.18. The minimum atomic E-state index is -1.03. The SMILES string of the molecule is CN(CC(=O)O)c1ccccc1[N+](=O)[O-]. The Morgan fingerprint density at radius 3 is 2.67 bits per heavy atom. The molecule has 6 heteroatoms. The molecule has 0 saturated heterocycles. The zero-order chi connectivity index (χ0) is 11.4. The number of aliphatic carboxylic acids is 1. The van der Waals surface area contributed by atoms with Crippen LogP contribution in [0.15, 0.2) is 24.3 Å². The van der Waals surface area contributed by atoms with E-state index >= 15 is 0 Å². The Balaban J connectivity index is 3.02. The molecular formula is C9H10N2O4. The Kier molecular flexibility index (Phi) is 3.22. The topological polar surface area (TPSA) is 83.7 Å². The summed E-state index contributed by atoms with van der Waals surface area (Å²) in [5.74, 6) is -1.03. The van der Waals surface area contributed by atoms with Crippen molar-refractivity contribution in [3.8, 4) is 0 Å². The third kappa shape index (κ3) is 2.67. The minimum Gasteiger partial charge on any atom is -0.480 e. The molecule has 0 spiro atoms. The second-order valence-electron chi connectivity index (χ2n) is 3.00. The zero-order valence-corrected chi connectivity index (χ0v) is 8.08. The fourth-order valence-electron chi connectivity index (χ4n) is 1.23. The normalized spacial score (nSPS) is 9.67. The van der Waals surface area contributed by atoms with Gasteiger partial charge < -0.3 is 10.0 Å². The lowest BCUT2D eigenvalue weighted by atomic mass is 10.2. The number of hydrogen-bond acceptors (Lipinski definition) is 4.